The summed E-state index contributed by atoms with van der Waals surface area (Å²) in [5.74, 6) is -1.21. The number of benzene rings is 1. The Bertz CT molecular complexity index is 1300. The number of aromatic nitrogens is 1. The van der Waals surface area contributed by atoms with Gasteiger partial charge in [-0.05, 0) is 94.4 Å². The Kier molecular flexibility index (Phi) is 13.4. The number of carbonyl (C=O) groups excluding carboxylic acids is 2. The third-order valence-corrected chi connectivity index (χ3v) is 7.92. The first-order chi connectivity index (χ1) is 20.3. The fourth-order valence-electron chi connectivity index (χ4n) is 5.35. The van der Waals surface area contributed by atoms with Crippen LogP contribution in [0.3, 0.4) is 0 Å². The Labute approximate surface area is 251 Å². The Morgan fingerprint density at radius 3 is 2.10 bits per heavy atom. The number of pyridine rings is 1. The van der Waals surface area contributed by atoms with E-state index in [9.17, 15) is 14.4 Å². The van der Waals surface area contributed by atoms with E-state index in [2.05, 4.69) is 43.1 Å². The van der Waals surface area contributed by atoms with Crippen molar-refractivity contribution in [3.05, 3.63) is 76.6 Å². The maximum Gasteiger partial charge on any atom is 0.317 e. The maximum absolute atomic E-state index is 13.8. The molecule has 2 N–H and O–H groups in total. The van der Waals surface area contributed by atoms with E-state index in [1.54, 1.807) is 25.3 Å². The van der Waals surface area contributed by atoms with Crippen molar-refractivity contribution in [2.45, 2.75) is 91.5 Å². The molecule has 0 fully saturated rings. The fraction of sp³-hybridized carbons (Fsp3) is 0.514. The molecule has 0 saturated carbocycles. The van der Waals surface area contributed by atoms with Gasteiger partial charge in [0.2, 0.25) is 5.78 Å². The van der Waals surface area contributed by atoms with Crippen molar-refractivity contribution in [2.24, 2.45) is 0 Å². The van der Waals surface area contributed by atoms with Crippen molar-refractivity contribution in [1.82, 2.24) is 14.6 Å². The number of carboxylic acid groups (broad SMARTS) is 1. The monoisotopic (exact) mass is 575 g/mol. The Hall–Kier alpha value is -3.29. The number of hydrogen-bond donors (Lipinski definition) is 2. The zero-order valence-corrected chi connectivity index (χ0v) is 26.0. The van der Waals surface area contributed by atoms with Crippen LogP contribution in [0.15, 0.2) is 48.7 Å². The molecular weight excluding hydrogens is 526 g/mol. The van der Waals surface area contributed by atoms with Gasteiger partial charge >= 0.3 is 5.97 Å². The minimum absolute atomic E-state index is 0.0199. The summed E-state index contributed by atoms with van der Waals surface area (Å²) in [5, 5.41) is 11.7. The molecule has 0 aliphatic carbocycles. The zero-order valence-electron chi connectivity index (χ0n) is 26.0. The van der Waals surface area contributed by atoms with Crippen molar-refractivity contribution >= 4 is 23.1 Å². The fourth-order valence-corrected chi connectivity index (χ4v) is 5.35. The first-order valence-corrected chi connectivity index (χ1v) is 15.8. The van der Waals surface area contributed by atoms with E-state index in [0.29, 0.717) is 16.8 Å². The molecule has 0 amide bonds. The summed E-state index contributed by atoms with van der Waals surface area (Å²) < 4.78 is 1.88. The number of rotatable bonds is 20. The summed E-state index contributed by atoms with van der Waals surface area (Å²) in [7, 11) is 0. The van der Waals surface area contributed by atoms with Crippen molar-refractivity contribution < 1.29 is 19.5 Å². The van der Waals surface area contributed by atoms with Gasteiger partial charge in [-0.3, -0.25) is 19.7 Å². The van der Waals surface area contributed by atoms with Crippen LogP contribution < -0.4 is 5.32 Å². The molecule has 0 bridgehead atoms. The molecule has 1 aromatic carbocycles. The Morgan fingerprint density at radius 2 is 1.48 bits per heavy atom. The normalized spacial score (nSPS) is 12.2. The predicted molar refractivity (Wildman–Crippen MR) is 170 cm³/mol. The van der Waals surface area contributed by atoms with Crippen LogP contribution in [-0.4, -0.2) is 64.2 Å². The van der Waals surface area contributed by atoms with Crippen LogP contribution in [0, 0.1) is 0 Å². The summed E-state index contributed by atoms with van der Waals surface area (Å²) in [6, 6.07) is 12.9. The summed E-state index contributed by atoms with van der Waals surface area (Å²) in [6.45, 7) is 11.4. The Balaban J connectivity index is 1.76. The highest BCUT2D eigenvalue weighted by Crippen LogP contribution is 2.24. The molecule has 42 heavy (non-hydrogen) atoms. The molecule has 0 saturated heterocycles. The molecule has 3 aromatic rings. The van der Waals surface area contributed by atoms with Gasteiger partial charge in [-0.2, -0.15) is 0 Å². The van der Waals surface area contributed by atoms with E-state index < -0.39 is 12.0 Å². The van der Waals surface area contributed by atoms with Crippen LogP contribution in [0.4, 0.5) is 0 Å². The van der Waals surface area contributed by atoms with E-state index in [0.717, 1.165) is 49.7 Å². The van der Waals surface area contributed by atoms with Gasteiger partial charge in [0.25, 0.3) is 0 Å². The van der Waals surface area contributed by atoms with Crippen LogP contribution >= 0.6 is 0 Å². The van der Waals surface area contributed by atoms with Crippen molar-refractivity contribution in [2.75, 3.05) is 26.2 Å². The number of ketones is 2. The number of fused-ring (bicyclic) bond motifs is 1. The maximum atomic E-state index is 13.8. The SMILES string of the molecule is CCCCc1cc2cc(C(=O)C(C)NCC(=O)O)ccn2c1C(=O)c1ccc(CCCN(CCCC)CCCC)cc1. The number of unbranched alkanes of at least 4 members (excludes halogenated alkanes) is 3. The number of carboxylic acids is 1. The first kappa shape index (κ1) is 33.2. The van der Waals surface area contributed by atoms with Crippen molar-refractivity contribution in [1.29, 1.82) is 0 Å². The second kappa shape index (κ2) is 17.0. The molecule has 228 valence electrons. The Morgan fingerprint density at radius 1 is 0.833 bits per heavy atom. The number of aliphatic carboxylic acids is 1. The van der Waals surface area contributed by atoms with Crippen LogP contribution in [0.1, 0.15) is 110 Å². The van der Waals surface area contributed by atoms with Crippen molar-refractivity contribution in [3.8, 4) is 0 Å². The van der Waals surface area contributed by atoms with Crippen LogP contribution in [0.25, 0.3) is 5.52 Å². The van der Waals surface area contributed by atoms with E-state index in [1.165, 1.54) is 44.3 Å². The summed E-state index contributed by atoms with van der Waals surface area (Å²) in [4.78, 5) is 40.2. The van der Waals surface area contributed by atoms with Crippen LogP contribution in [0.2, 0.25) is 0 Å². The van der Waals surface area contributed by atoms with Crippen LogP contribution in [0.5, 0.6) is 0 Å². The average molecular weight is 576 g/mol. The molecule has 3 rings (SSSR count). The molecule has 0 aliphatic heterocycles. The third kappa shape index (κ3) is 9.36. The van der Waals surface area contributed by atoms with Gasteiger partial charge in [-0.25, -0.2) is 0 Å². The van der Waals surface area contributed by atoms with Gasteiger partial charge < -0.3 is 14.4 Å². The molecule has 1 unspecified atom stereocenters. The molecule has 7 nitrogen and oxygen atoms in total. The number of nitrogens with one attached hydrogen (secondary N) is 1. The minimum Gasteiger partial charge on any atom is -0.480 e. The van der Waals surface area contributed by atoms with Gasteiger partial charge in [0.1, 0.15) is 0 Å². The van der Waals surface area contributed by atoms with Gasteiger partial charge in [-0.15, -0.1) is 0 Å². The number of carbonyl (C=O) groups is 3. The van der Waals surface area contributed by atoms with Gasteiger partial charge in [0, 0.05) is 22.8 Å². The largest absolute Gasteiger partial charge is 0.480 e. The van der Waals surface area contributed by atoms with Crippen LogP contribution in [-0.2, 0) is 17.6 Å². The van der Waals surface area contributed by atoms with Crippen molar-refractivity contribution in [3.63, 3.8) is 0 Å². The smallest absolute Gasteiger partial charge is 0.317 e. The lowest BCUT2D eigenvalue weighted by Gasteiger charge is -2.21. The van der Waals surface area contributed by atoms with E-state index in [4.69, 9.17) is 5.11 Å². The quantitative estimate of drug-likeness (QED) is 0.148. The molecular formula is C35H49N3O4. The number of nitrogens with zero attached hydrogens (tertiary/aromatic N) is 2. The molecule has 0 spiro atoms. The molecule has 7 heteroatoms. The zero-order chi connectivity index (χ0) is 30.5. The standard InChI is InChI=1S/C35H49N3O4/c1-5-8-13-29-23-31-24-30(34(41)26(4)36-25-32(39)40)18-22-38(31)33(29)35(42)28-16-14-27(15-17-28)12-11-21-37(19-9-6-2)20-10-7-3/h14-18,22-24,26,36H,5-13,19-21,25H2,1-4H3,(H,39,40). The highest BCUT2D eigenvalue weighted by molar-refractivity contribution is 6.10. The average Bonchev–Trinajstić information content (AvgIpc) is 3.36. The van der Waals surface area contributed by atoms with Gasteiger partial charge in [0.15, 0.2) is 5.78 Å². The van der Waals surface area contributed by atoms with E-state index in [1.807, 2.05) is 22.6 Å². The highest BCUT2D eigenvalue weighted by atomic mass is 16.4. The van der Waals surface area contributed by atoms with Gasteiger partial charge in [0.05, 0.1) is 18.3 Å². The predicted octanol–water partition coefficient (Wildman–Crippen LogP) is 6.59. The second-order valence-corrected chi connectivity index (χ2v) is 11.4. The lowest BCUT2D eigenvalue weighted by Crippen LogP contribution is -2.37. The second-order valence-electron chi connectivity index (χ2n) is 11.4. The number of aryl methyl sites for hydroxylation is 2. The first-order valence-electron chi connectivity index (χ1n) is 15.8. The molecule has 2 aromatic heterocycles. The number of Topliss-reactive ketones (excluding diaryl/α,β-unsaturated/α-hetero) is 1. The minimum atomic E-state index is -1.01. The highest BCUT2D eigenvalue weighted by Gasteiger charge is 2.21. The van der Waals surface area contributed by atoms with E-state index in [-0.39, 0.29) is 18.1 Å². The summed E-state index contributed by atoms with van der Waals surface area (Å²) in [6.07, 6.45) is 11.6. The summed E-state index contributed by atoms with van der Waals surface area (Å²) in [5.41, 5.74) is 4.80. The topological polar surface area (TPSA) is 91.1 Å². The molecule has 2 heterocycles. The lowest BCUT2D eigenvalue weighted by molar-refractivity contribution is -0.136. The lowest BCUT2D eigenvalue weighted by atomic mass is 10.00. The summed E-state index contributed by atoms with van der Waals surface area (Å²) >= 11 is 0. The molecule has 1 atom stereocenters. The number of hydrogen-bond acceptors (Lipinski definition) is 5. The third-order valence-electron chi connectivity index (χ3n) is 7.92. The van der Waals surface area contributed by atoms with Gasteiger partial charge in [-0.1, -0.05) is 64.3 Å². The molecule has 0 radical (unpaired) electrons. The molecule has 0 aliphatic rings. The van der Waals surface area contributed by atoms with E-state index >= 15 is 0 Å².